The van der Waals surface area contributed by atoms with E-state index < -0.39 is 0 Å². The Labute approximate surface area is 75.1 Å². The van der Waals surface area contributed by atoms with E-state index >= 15 is 0 Å². The van der Waals surface area contributed by atoms with Crippen LogP contribution < -0.4 is 5.32 Å². The van der Waals surface area contributed by atoms with E-state index in [9.17, 15) is 0 Å². The highest BCUT2D eigenvalue weighted by molar-refractivity contribution is 4.70. The van der Waals surface area contributed by atoms with E-state index in [1.54, 1.807) is 0 Å². The molecule has 0 aliphatic carbocycles. The lowest BCUT2D eigenvalue weighted by Crippen LogP contribution is -2.49. The number of ether oxygens (including phenoxy) is 1. The quantitative estimate of drug-likeness (QED) is 0.674. The molecule has 0 aromatic carbocycles. The first-order valence-corrected chi connectivity index (χ1v) is 4.94. The fourth-order valence-electron chi connectivity index (χ4n) is 1.64. The van der Waals surface area contributed by atoms with Crippen LogP contribution in [-0.4, -0.2) is 43.9 Å². The minimum absolute atomic E-state index is 0.345. The normalized spacial score (nSPS) is 22.5. The van der Waals surface area contributed by atoms with E-state index in [4.69, 9.17) is 4.74 Å². The lowest BCUT2D eigenvalue weighted by Gasteiger charge is -2.33. The molecule has 12 heavy (non-hydrogen) atoms. The maximum Gasteiger partial charge on any atom is 0.110 e. The molecule has 3 heteroatoms. The first kappa shape index (κ1) is 9.96. The summed E-state index contributed by atoms with van der Waals surface area (Å²) in [5, 5.41) is 3.34. The molecule has 0 aromatic heterocycles. The van der Waals surface area contributed by atoms with Crippen LogP contribution in [0.4, 0.5) is 0 Å². The molecule has 0 spiro atoms. The van der Waals surface area contributed by atoms with E-state index in [1.165, 1.54) is 0 Å². The van der Waals surface area contributed by atoms with Crippen LogP contribution in [0.15, 0.2) is 0 Å². The van der Waals surface area contributed by atoms with E-state index in [0.717, 1.165) is 39.2 Å². The summed E-state index contributed by atoms with van der Waals surface area (Å²) in [6, 6.07) is 0. The first-order valence-electron chi connectivity index (χ1n) is 4.94. The van der Waals surface area contributed by atoms with Gasteiger partial charge in [0.05, 0.1) is 0 Å². The van der Waals surface area contributed by atoms with Gasteiger partial charge in [-0.1, -0.05) is 6.92 Å². The van der Waals surface area contributed by atoms with Gasteiger partial charge in [-0.15, -0.1) is 0 Å². The molecular formula is C9H20N2O. The topological polar surface area (TPSA) is 24.5 Å². The van der Waals surface area contributed by atoms with Crippen molar-refractivity contribution in [3.8, 4) is 0 Å². The van der Waals surface area contributed by atoms with Crippen LogP contribution in [0.25, 0.3) is 0 Å². The van der Waals surface area contributed by atoms with Gasteiger partial charge in [0.15, 0.2) is 0 Å². The zero-order chi connectivity index (χ0) is 8.81. The lowest BCUT2D eigenvalue weighted by atomic mass is 10.3. The smallest absolute Gasteiger partial charge is 0.110 e. The molecule has 1 saturated heterocycles. The third-order valence-electron chi connectivity index (χ3n) is 2.27. The summed E-state index contributed by atoms with van der Waals surface area (Å²) < 4.78 is 5.63. The minimum atomic E-state index is 0.345. The van der Waals surface area contributed by atoms with E-state index in [1.807, 2.05) is 0 Å². The van der Waals surface area contributed by atoms with Gasteiger partial charge in [0.2, 0.25) is 0 Å². The molecule has 1 atom stereocenters. The first-order chi connectivity index (χ1) is 5.88. The zero-order valence-corrected chi connectivity index (χ0v) is 8.18. The average molecular weight is 172 g/mol. The van der Waals surface area contributed by atoms with Crippen LogP contribution in [0, 0.1) is 0 Å². The Kier molecular flexibility index (Phi) is 4.58. The summed E-state index contributed by atoms with van der Waals surface area (Å²) in [6.45, 7) is 9.51. The second-order valence-electron chi connectivity index (χ2n) is 3.10. The molecule has 0 bridgehead atoms. The molecule has 3 nitrogen and oxygen atoms in total. The third-order valence-corrected chi connectivity index (χ3v) is 2.27. The summed E-state index contributed by atoms with van der Waals surface area (Å²) in [4.78, 5) is 2.42. The fourth-order valence-corrected chi connectivity index (χ4v) is 1.64. The molecule has 1 aliphatic rings. The maximum atomic E-state index is 5.63. The summed E-state index contributed by atoms with van der Waals surface area (Å²) in [5.41, 5.74) is 0. The van der Waals surface area contributed by atoms with E-state index in [2.05, 4.69) is 24.1 Å². The molecule has 1 aliphatic heterocycles. The van der Waals surface area contributed by atoms with Crippen molar-refractivity contribution in [2.45, 2.75) is 26.5 Å². The Balaban J connectivity index is 2.29. The highest BCUT2D eigenvalue weighted by atomic mass is 16.5. The minimum Gasteiger partial charge on any atom is -0.363 e. The molecule has 1 heterocycles. The van der Waals surface area contributed by atoms with Crippen molar-refractivity contribution in [3.63, 3.8) is 0 Å². The third kappa shape index (κ3) is 2.73. The molecule has 1 fully saturated rings. The Morgan fingerprint density at radius 3 is 2.50 bits per heavy atom. The number of rotatable bonds is 4. The number of piperazine rings is 1. The van der Waals surface area contributed by atoms with Crippen LogP contribution in [0.5, 0.6) is 0 Å². The van der Waals surface area contributed by atoms with Crippen LogP contribution in [0.3, 0.4) is 0 Å². The summed E-state index contributed by atoms with van der Waals surface area (Å²) in [7, 11) is 0. The highest BCUT2D eigenvalue weighted by Gasteiger charge is 2.18. The predicted octanol–water partition coefficient (Wildman–Crippen LogP) is 0.664. The van der Waals surface area contributed by atoms with Crippen molar-refractivity contribution < 1.29 is 4.74 Å². The van der Waals surface area contributed by atoms with Crippen molar-refractivity contribution in [2.75, 3.05) is 32.8 Å². The molecule has 72 valence electrons. The van der Waals surface area contributed by atoms with Crippen LogP contribution >= 0.6 is 0 Å². The van der Waals surface area contributed by atoms with Crippen molar-refractivity contribution in [1.82, 2.24) is 10.2 Å². The molecule has 0 saturated carbocycles. The molecule has 0 radical (unpaired) electrons. The van der Waals surface area contributed by atoms with Crippen molar-refractivity contribution in [2.24, 2.45) is 0 Å². The van der Waals surface area contributed by atoms with E-state index in [-0.39, 0.29) is 0 Å². The fraction of sp³-hybridized carbons (Fsp3) is 1.00. The van der Waals surface area contributed by atoms with Gasteiger partial charge in [-0.25, -0.2) is 0 Å². The van der Waals surface area contributed by atoms with Gasteiger partial charge in [-0.2, -0.15) is 0 Å². The van der Waals surface area contributed by atoms with Crippen molar-refractivity contribution in [3.05, 3.63) is 0 Å². The van der Waals surface area contributed by atoms with Gasteiger partial charge >= 0.3 is 0 Å². The maximum absolute atomic E-state index is 5.63. The van der Waals surface area contributed by atoms with Crippen molar-refractivity contribution >= 4 is 0 Å². The molecule has 0 aromatic rings. The van der Waals surface area contributed by atoms with Crippen LogP contribution in [0.2, 0.25) is 0 Å². The van der Waals surface area contributed by atoms with Crippen LogP contribution in [0.1, 0.15) is 20.3 Å². The lowest BCUT2D eigenvalue weighted by molar-refractivity contribution is -0.0608. The molecule has 1 rings (SSSR count). The molecule has 1 N–H and O–H groups in total. The number of nitrogens with one attached hydrogen (secondary N) is 1. The number of hydrogen-bond acceptors (Lipinski definition) is 3. The largest absolute Gasteiger partial charge is 0.363 e. The average Bonchev–Trinajstić information content (AvgIpc) is 2.15. The van der Waals surface area contributed by atoms with Crippen LogP contribution in [-0.2, 0) is 4.74 Å². The highest BCUT2D eigenvalue weighted by Crippen LogP contribution is 2.06. The van der Waals surface area contributed by atoms with Gasteiger partial charge in [0.1, 0.15) is 6.23 Å². The van der Waals surface area contributed by atoms with Gasteiger partial charge in [0.25, 0.3) is 0 Å². The predicted molar refractivity (Wildman–Crippen MR) is 50.1 cm³/mol. The number of hydrogen-bond donors (Lipinski definition) is 1. The Morgan fingerprint density at radius 1 is 1.33 bits per heavy atom. The van der Waals surface area contributed by atoms with Gasteiger partial charge in [0, 0.05) is 32.8 Å². The number of nitrogens with zero attached hydrogens (tertiary/aromatic N) is 1. The molecule has 1 unspecified atom stereocenters. The van der Waals surface area contributed by atoms with Gasteiger partial charge in [-0.3, -0.25) is 4.90 Å². The van der Waals surface area contributed by atoms with Gasteiger partial charge in [-0.05, 0) is 13.3 Å². The van der Waals surface area contributed by atoms with E-state index in [0.29, 0.717) is 6.23 Å². The standard InChI is InChI=1S/C9H20N2O/c1-3-9(12-4-2)11-7-5-10-6-8-11/h9-10H,3-8H2,1-2H3. The monoisotopic (exact) mass is 172 g/mol. The van der Waals surface area contributed by atoms with Crippen molar-refractivity contribution in [1.29, 1.82) is 0 Å². The zero-order valence-electron chi connectivity index (χ0n) is 8.18. The summed E-state index contributed by atoms with van der Waals surface area (Å²) >= 11 is 0. The Bertz CT molecular complexity index is 110. The summed E-state index contributed by atoms with van der Waals surface area (Å²) in [6.07, 6.45) is 1.44. The second-order valence-corrected chi connectivity index (χ2v) is 3.10. The SMILES string of the molecule is CCOC(CC)N1CCNCC1. The van der Waals surface area contributed by atoms with Gasteiger partial charge < -0.3 is 10.1 Å². The second kappa shape index (κ2) is 5.51. The molecule has 0 amide bonds. The molecular weight excluding hydrogens is 152 g/mol. The Hall–Kier alpha value is -0.120. The Morgan fingerprint density at radius 2 is 2.00 bits per heavy atom. The summed E-state index contributed by atoms with van der Waals surface area (Å²) in [5.74, 6) is 0.